The molecule has 0 fully saturated rings. The van der Waals surface area contributed by atoms with Crippen LogP contribution in [0.15, 0.2) is 76.3 Å². The van der Waals surface area contributed by atoms with E-state index in [2.05, 4.69) is 57.8 Å². The number of carbonyl (C=O) groups is 1. The summed E-state index contributed by atoms with van der Waals surface area (Å²) in [5.41, 5.74) is 5.14. The lowest BCUT2D eigenvalue weighted by Gasteiger charge is -2.14. The van der Waals surface area contributed by atoms with Crippen LogP contribution in [-0.4, -0.2) is 32.6 Å². The Morgan fingerprint density at radius 3 is 2.46 bits per heavy atom. The van der Waals surface area contributed by atoms with E-state index in [0.29, 0.717) is 40.8 Å². The summed E-state index contributed by atoms with van der Waals surface area (Å²) in [5, 5.41) is 6.68. The van der Waals surface area contributed by atoms with Crippen molar-refractivity contribution in [3.63, 3.8) is 0 Å². The number of carbonyl (C=O) groups excluding carboxylic acids is 1. The molecule has 0 aliphatic rings. The van der Waals surface area contributed by atoms with Gasteiger partial charge in [-0.25, -0.2) is 10.2 Å². The third kappa shape index (κ3) is 8.03. The first-order chi connectivity index (χ1) is 17.0. The van der Waals surface area contributed by atoms with Crippen molar-refractivity contribution in [2.75, 3.05) is 25.6 Å². The summed E-state index contributed by atoms with van der Waals surface area (Å²) in [7, 11) is 1.57. The van der Waals surface area contributed by atoms with Crippen molar-refractivity contribution >= 4 is 33.9 Å². The SMILES string of the molecule is CCC(C)c1ccc(OCCOc2c(Br)cc(C=NNC(=O)Nc3ccccc3)cc2OC)cc1. The zero-order valence-electron chi connectivity index (χ0n) is 20.1. The van der Waals surface area contributed by atoms with E-state index in [1.165, 1.54) is 11.8 Å². The number of amides is 2. The molecular weight excluding hydrogens is 510 g/mol. The quantitative estimate of drug-likeness (QED) is 0.164. The number of hydrazone groups is 1. The molecule has 0 saturated carbocycles. The van der Waals surface area contributed by atoms with Gasteiger partial charge in [-0.3, -0.25) is 0 Å². The number of benzene rings is 3. The molecule has 184 valence electrons. The summed E-state index contributed by atoms with van der Waals surface area (Å²) >= 11 is 3.52. The van der Waals surface area contributed by atoms with Gasteiger partial charge >= 0.3 is 6.03 Å². The number of rotatable bonds is 11. The molecule has 0 bridgehead atoms. The molecule has 0 saturated heterocycles. The second-order valence-corrected chi connectivity index (χ2v) is 8.65. The van der Waals surface area contributed by atoms with Gasteiger partial charge in [0.25, 0.3) is 0 Å². The van der Waals surface area contributed by atoms with E-state index < -0.39 is 6.03 Å². The van der Waals surface area contributed by atoms with E-state index in [9.17, 15) is 4.79 Å². The highest BCUT2D eigenvalue weighted by atomic mass is 79.9. The molecule has 1 atom stereocenters. The zero-order valence-corrected chi connectivity index (χ0v) is 21.7. The molecule has 1 unspecified atom stereocenters. The van der Waals surface area contributed by atoms with Crippen molar-refractivity contribution in [3.8, 4) is 17.2 Å². The maximum atomic E-state index is 12.0. The van der Waals surface area contributed by atoms with Crippen molar-refractivity contribution in [1.82, 2.24) is 5.43 Å². The number of hydrogen-bond acceptors (Lipinski definition) is 5. The van der Waals surface area contributed by atoms with Crippen LogP contribution in [0.5, 0.6) is 17.2 Å². The van der Waals surface area contributed by atoms with Crippen LogP contribution in [0.25, 0.3) is 0 Å². The molecule has 3 aromatic carbocycles. The molecule has 3 rings (SSSR count). The minimum absolute atomic E-state index is 0.344. The minimum atomic E-state index is -0.437. The monoisotopic (exact) mass is 539 g/mol. The summed E-state index contributed by atoms with van der Waals surface area (Å²) in [4.78, 5) is 12.0. The van der Waals surface area contributed by atoms with Crippen molar-refractivity contribution in [2.45, 2.75) is 26.2 Å². The van der Waals surface area contributed by atoms with Crippen LogP contribution in [0.3, 0.4) is 0 Å². The molecule has 0 radical (unpaired) electrons. The molecule has 2 amide bonds. The Labute approximate surface area is 214 Å². The Balaban J connectivity index is 1.51. The fourth-order valence-corrected chi connectivity index (χ4v) is 3.81. The fourth-order valence-electron chi connectivity index (χ4n) is 3.23. The predicted octanol–water partition coefficient (Wildman–Crippen LogP) is 6.58. The van der Waals surface area contributed by atoms with Gasteiger partial charge in [-0.1, -0.05) is 44.2 Å². The van der Waals surface area contributed by atoms with Crippen molar-refractivity contribution in [2.24, 2.45) is 5.10 Å². The molecular formula is C27H30BrN3O4. The maximum absolute atomic E-state index is 12.0. The standard InChI is InChI=1S/C27H30BrN3O4/c1-4-19(2)21-10-12-23(13-11-21)34-14-15-35-26-24(28)16-20(17-25(26)33-3)18-29-31-27(32)30-22-8-6-5-7-9-22/h5-13,16-19H,4,14-15H2,1-3H3,(H2,30,31,32). The zero-order chi connectivity index (χ0) is 25.0. The number of nitrogens with zero attached hydrogens (tertiary/aromatic N) is 1. The summed E-state index contributed by atoms with van der Waals surface area (Å²) in [6.45, 7) is 5.13. The Morgan fingerprint density at radius 1 is 1.06 bits per heavy atom. The number of nitrogens with one attached hydrogen (secondary N) is 2. The number of urea groups is 1. The molecule has 8 heteroatoms. The van der Waals surface area contributed by atoms with E-state index in [1.54, 1.807) is 25.3 Å². The molecule has 7 nitrogen and oxygen atoms in total. The Bertz CT molecular complexity index is 1120. The van der Waals surface area contributed by atoms with Crippen LogP contribution in [0.2, 0.25) is 0 Å². The van der Waals surface area contributed by atoms with Crippen molar-refractivity contribution in [1.29, 1.82) is 0 Å². The smallest absolute Gasteiger partial charge is 0.339 e. The molecule has 0 spiro atoms. The largest absolute Gasteiger partial charge is 0.493 e. The van der Waals surface area contributed by atoms with Crippen molar-refractivity contribution in [3.05, 3.63) is 82.3 Å². The van der Waals surface area contributed by atoms with Gasteiger partial charge in [-0.2, -0.15) is 5.10 Å². The first-order valence-corrected chi connectivity index (χ1v) is 12.2. The van der Waals surface area contributed by atoms with E-state index in [0.717, 1.165) is 17.7 Å². The second kappa shape index (κ2) is 13.4. The first kappa shape index (κ1) is 26.1. The van der Waals surface area contributed by atoms with Gasteiger partial charge in [0.2, 0.25) is 0 Å². The van der Waals surface area contributed by atoms with Crippen LogP contribution < -0.4 is 25.0 Å². The maximum Gasteiger partial charge on any atom is 0.339 e. The number of anilines is 1. The molecule has 0 aliphatic heterocycles. The average molecular weight is 540 g/mol. The van der Waals surface area contributed by atoms with Gasteiger partial charge in [-0.05, 0) is 75.8 Å². The summed E-state index contributed by atoms with van der Waals surface area (Å²) in [6.07, 6.45) is 2.63. The second-order valence-electron chi connectivity index (χ2n) is 7.80. The fraction of sp³-hybridized carbons (Fsp3) is 0.259. The van der Waals surface area contributed by atoms with E-state index in [1.807, 2.05) is 36.4 Å². The minimum Gasteiger partial charge on any atom is -0.493 e. The molecule has 3 aromatic rings. The number of hydrogen-bond donors (Lipinski definition) is 2. The Kier molecular flexibility index (Phi) is 9.98. The Hall–Kier alpha value is -3.52. The van der Waals surface area contributed by atoms with Gasteiger partial charge < -0.3 is 19.5 Å². The predicted molar refractivity (Wildman–Crippen MR) is 143 cm³/mol. The van der Waals surface area contributed by atoms with Gasteiger partial charge in [0, 0.05) is 5.69 Å². The van der Waals surface area contributed by atoms with Crippen LogP contribution >= 0.6 is 15.9 Å². The molecule has 2 N–H and O–H groups in total. The van der Waals surface area contributed by atoms with Crippen molar-refractivity contribution < 1.29 is 19.0 Å². The van der Waals surface area contributed by atoms with Crippen LogP contribution in [0, 0.1) is 0 Å². The molecule has 0 heterocycles. The molecule has 0 aliphatic carbocycles. The lowest BCUT2D eigenvalue weighted by Crippen LogP contribution is -2.24. The number of para-hydroxylation sites is 1. The van der Waals surface area contributed by atoms with Gasteiger partial charge in [0.05, 0.1) is 17.8 Å². The van der Waals surface area contributed by atoms with E-state index in [4.69, 9.17) is 14.2 Å². The number of halogens is 1. The third-order valence-electron chi connectivity index (χ3n) is 5.32. The van der Waals surface area contributed by atoms with E-state index >= 15 is 0 Å². The number of methoxy groups -OCH3 is 1. The normalized spacial score (nSPS) is 11.7. The van der Waals surface area contributed by atoms with Crippen LogP contribution in [0.4, 0.5) is 10.5 Å². The van der Waals surface area contributed by atoms with E-state index in [-0.39, 0.29) is 0 Å². The van der Waals surface area contributed by atoms with Crippen LogP contribution in [0.1, 0.15) is 37.3 Å². The average Bonchev–Trinajstić information content (AvgIpc) is 2.87. The Morgan fingerprint density at radius 2 is 1.77 bits per heavy atom. The lowest BCUT2D eigenvalue weighted by molar-refractivity contribution is 0.210. The van der Waals surface area contributed by atoms with Gasteiger partial charge in [-0.15, -0.1) is 0 Å². The lowest BCUT2D eigenvalue weighted by atomic mass is 9.99. The summed E-state index contributed by atoms with van der Waals surface area (Å²) in [6, 6.07) is 20.5. The topological polar surface area (TPSA) is 81.2 Å². The van der Waals surface area contributed by atoms with Crippen LogP contribution in [-0.2, 0) is 0 Å². The van der Waals surface area contributed by atoms with Gasteiger partial charge in [0.15, 0.2) is 11.5 Å². The third-order valence-corrected chi connectivity index (χ3v) is 5.91. The molecule has 0 aromatic heterocycles. The highest BCUT2D eigenvalue weighted by Crippen LogP contribution is 2.36. The highest BCUT2D eigenvalue weighted by Gasteiger charge is 2.12. The van der Waals surface area contributed by atoms with Gasteiger partial charge in [0.1, 0.15) is 19.0 Å². The summed E-state index contributed by atoms with van der Waals surface area (Å²) in [5.74, 6) is 2.44. The number of ether oxygens (including phenoxy) is 3. The molecule has 35 heavy (non-hydrogen) atoms. The first-order valence-electron chi connectivity index (χ1n) is 11.4. The highest BCUT2D eigenvalue weighted by molar-refractivity contribution is 9.10. The summed E-state index contributed by atoms with van der Waals surface area (Å²) < 4.78 is 17.9.